The second kappa shape index (κ2) is 4.43. The molecule has 0 aliphatic heterocycles. The van der Waals surface area contributed by atoms with Crippen LogP contribution >= 0.6 is 36.7 Å². The molecule has 10 heavy (non-hydrogen) atoms. The Morgan fingerprint density at radius 3 is 1.10 bits per heavy atom. The number of aromatic amines is 3. The van der Waals surface area contributed by atoms with Crippen LogP contribution in [0.3, 0.4) is 0 Å². The standard InChI is InChI=1S/C3H3N3S3.Bi.3H/c7-1-4-2(8)6-3(9)5-1;;;;/h(H3,4,5,6,7,8,9);;;;. The minimum atomic E-state index is 0. The summed E-state index contributed by atoms with van der Waals surface area (Å²) < 4.78 is 1.34. The van der Waals surface area contributed by atoms with E-state index in [0.717, 1.165) is 0 Å². The average Bonchev–Trinajstić information content (AvgIpc) is 1.59. The Bertz CT molecular complexity index is 281. The van der Waals surface area contributed by atoms with Crippen LogP contribution < -0.4 is 0 Å². The van der Waals surface area contributed by atoms with Crippen LogP contribution in [0.2, 0.25) is 0 Å². The van der Waals surface area contributed by atoms with Gasteiger partial charge in [0.15, 0.2) is 14.3 Å². The van der Waals surface area contributed by atoms with Gasteiger partial charge in [-0.3, -0.25) is 0 Å². The topological polar surface area (TPSA) is 47.4 Å². The van der Waals surface area contributed by atoms with Crippen molar-refractivity contribution in [2.75, 3.05) is 0 Å². The monoisotopic (exact) mass is 389 g/mol. The quantitative estimate of drug-likeness (QED) is 0.452. The summed E-state index contributed by atoms with van der Waals surface area (Å²) in [7, 11) is 0. The van der Waals surface area contributed by atoms with E-state index in [1.807, 2.05) is 0 Å². The first-order valence-corrected chi connectivity index (χ1v) is 3.34. The predicted octanol–water partition coefficient (Wildman–Crippen LogP) is 0.675. The van der Waals surface area contributed by atoms with E-state index in [2.05, 4.69) is 15.0 Å². The summed E-state index contributed by atoms with van der Waals surface area (Å²) in [6.07, 6.45) is 0. The van der Waals surface area contributed by atoms with Gasteiger partial charge in [0.25, 0.3) is 0 Å². The van der Waals surface area contributed by atoms with Crippen LogP contribution in [0.1, 0.15) is 0 Å². The summed E-state index contributed by atoms with van der Waals surface area (Å²) in [5, 5.41) is 0. The molecule has 1 heterocycles. The van der Waals surface area contributed by atoms with Crippen LogP contribution in [0.4, 0.5) is 0 Å². The summed E-state index contributed by atoms with van der Waals surface area (Å²) in [6, 6.07) is 0. The summed E-state index contributed by atoms with van der Waals surface area (Å²) in [5.41, 5.74) is 0. The fraction of sp³-hybridized carbons (Fsp3) is 0. The van der Waals surface area contributed by atoms with E-state index in [1.165, 1.54) is 0 Å². The fourth-order valence-electron chi connectivity index (χ4n) is 0.403. The van der Waals surface area contributed by atoms with Crippen molar-refractivity contribution in [3.63, 3.8) is 0 Å². The van der Waals surface area contributed by atoms with E-state index in [1.54, 1.807) is 0 Å². The first kappa shape index (κ1) is 10.6. The predicted molar refractivity (Wildman–Crippen MR) is 51.9 cm³/mol. The van der Waals surface area contributed by atoms with Gasteiger partial charge < -0.3 is 15.0 Å². The molecule has 0 saturated carbocycles. The maximum absolute atomic E-state index is 4.72. The molecule has 3 nitrogen and oxygen atoms in total. The molecule has 1 aromatic rings. The van der Waals surface area contributed by atoms with Crippen LogP contribution in [-0.2, 0) is 0 Å². The van der Waals surface area contributed by atoms with Crippen molar-refractivity contribution in [3.05, 3.63) is 14.3 Å². The van der Waals surface area contributed by atoms with Gasteiger partial charge in [-0.05, 0) is 36.7 Å². The van der Waals surface area contributed by atoms with Gasteiger partial charge in [0.2, 0.25) is 0 Å². The molecule has 0 aromatic carbocycles. The van der Waals surface area contributed by atoms with Gasteiger partial charge in [0, 0.05) is 0 Å². The van der Waals surface area contributed by atoms with Gasteiger partial charge >= 0.3 is 26.2 Å². The number of hydrogen-bond acceptors (Lipinski definition) is 3. The van der Waals surface area contributed by atoms with Crippen LogP contribution in [0, 0.1) is 14.3 Å². The molecule has 0 unspecified atom stereocenters. The summed E-state index contributed by atoms with van der Waals surface area (Å²) in [6.45, 7) is 0. The van der Waals surface area contributed by atoms with Gasteiger partial charge in [0.1, 0.15) is 0 Å². The first-order valence-electron chi connectivity index (χ1n) is 2.11. The number of aromatic nitrogens is 3. The normalized spacial score (nSPS) is 8.40. The maximum atomic E-state index is 4.72. The van der Waals surface area contributed by atoms with Gasteiger partial charge in [-0.25, -0.2) is 0 Å². The van der Waals surface area contributed by atoms with Crippen molar-refractivity contribution in [3.8, 4) is 0 Å². The Hall–Kier alpha value is 0.553. The molecule has 1 rings (SSSR count). The third-order valence-electron chi connectivity index (χ3n) is 0.681. The zero-order chi connectivity index (χ0) is 6.85. The summed E-state index contributed by atoms with van der Waals surface area (Å²) in [4.78, 5) is 7.99. The third kappa shape index (κ3) is 3.10. The zero-order valence-corrected chi connectivity index (χ0v) is 12.9. The molecule has 56 valence electrons. The Labute approximate surface area is 91.4 Å². The molecular formula is C3H6BiN3S3. The van der Waals surface area contributed by atoms with Gasteiger partial charge in [-0.1, -0.05) is 0 Å². The molecule has 0 amide bonds. The fourth-order valence-corrected chi connectivity index (χ4v) is 1.21. The Balaban J connectivity index is 0.000000810. The molecule has 0 saturated heterocycles. The molecule has 1 aromatic heterocycles. The SMILES string of the molecule is S=c1[nH]c(=S)[nH]c(=S)[nH]1.[BiH3]. The van der Waals surface area contributed by atoms with Crippen LogP contribution in [0.5, 0.6) is 0 Å². The molecular weight excluding hydrogens is 383 g/mol. The number of hydrogen-bond donors (Lipinski definition) is 3. The molecule has 7 heteroatoms. The zero-order valence-electron chi connectivity index (χ0n) is 4.93. The first-order chi connectivity index (χ1) is 4.18. The van der Waals surface area contributed by atoms with E-state index >= 15 is 0 Å². The van der Waals surface area contributed by atoms with Crippen molar-refractivity contribution in [1.82, 2.24) is 15.0 Å². The Morgan fingerprint density at radius 1 is 0.700 bits per heavy atom. The van der Waals surface area contributed by atoms with E-state index in [0.29, 0.717) is 14.3 Å². The molecule has 0 aliphatic rings. The van der Waals surface area contributed by atoms with Crippen molar-refractivity contribution in [2.45, 2.75) is 0 Å². The number of H-pyrrole nitrogens is 3. The van der Waals surface area contributed by atoms with E-state index in [4.69, 9.17) is 36.7 Å². The minimum absolute atomic E-state index is 0. The van der Waals surface area contributed by atoms with E-state index < -0.39 is 0 Å². The van der Waals surface area contributed by atoms with E-state index in [9.17, 15) is 0 Å². The van der Waals surface area contributed by atoms with Crippen LogP contribution in [-0.4, -0.2) is 41.2 Å². The van der Waals surface area contributed by atoms with E-state index in [-0.39, 0.29) is 26.2 Å². The average molecular weight is 389 g/mol. The molecule has 0 spiro atoms. The van der Waals surface area contributed by atoms with Crippen molar-refractivity contribution >= 4 is 62.9 Å². The van der Waals surface area contributed by atoms with Crippen molar-refractivity contribution in [1.29, 1.82) is 0 Å². The molecule has 0 fully saturated rings. The van der Waals surface area contributed by atoms with Crippen LogP contribution in [0.25, 0.3) is 0 Å². The van der Waals surface area contributed by atoms with Gasteiger partial charge in [-0.2, -0.15) is 0 Å². The Kier molecular flexibility index (Phi) is 4.68. The van der Waals surface area contributed by atoms with Gasteiger partial charge in [-0.15, -0.1) is 0 Å². The number of nitrogens with one attached hydrogen (secondary N) is 3. The molecule has 0 atom stereocenters. The second-order valence-corrected chi connectivity index (χ2v) is 2.59. The second-order valence-electron chi connectivity index (χ2n) is 1.36. The van der Waals surface area contributed by atoms with Crippen molar-refractivity contribution < 1.29 is 0 Å². The van der Waals surface area contributed by atoms with Gasteiger partial charge in [0.05, 0.1) is 0 Å². The Morgan fingerprint density at radius 2 is 0.900 bits per heavy atom. The summed E-state index contributed by atoms with van der Waals surface area (Å²) >= 11 is 14.2. The van der Waals surface area contributed by atoms with Crippen LogP contribution in [0.15, 0.2) is 0 Å². The molecule has 0 aliphatic carbocycles. The summed E-state index contributed by atoms with van der Waals surface area (Å²) in [5.74, 6) is 0. The molecule has 0 radical (unpaired) electrons. The third-order valence-corrected chi connectivity index (χ3v) is 1.29. The number of rotatable bonds is 0. The molecule has 3 N–H and O–H groups in total. The van der Waals surface area contributed by atoms with Crippen molar-refractivity contribution in [2.24, 2.45) is 0 Å². The molecule has 0 bridgehead atoms.